The second-order valence-electron chi connectivity index (χ2n) is 2.77. The quantitative estimate of drug-likeness (QED) is 0.684. The van der Waals surface area contributed by atoms with Crippen LogP contribution in [0.2, 0.25) is 0 Å². The van der Waals surface area contributed by atoms with Gasteiger partial charge in [0.1, 0.15) is 5.82 Å². The number of imidazole rings is 1. The van der Waals surface area contributed by atoms with E-state index in [2.05, 4.69) is 11.6 Å². The van der Waals surface area contributed by atoms with E-state index in [1.54, 1.807) is 12.3 Å². The zero-order valence-corrected chi connectivity index (χ0v) is 12.1. The van der Waals surface area contributed by atoms with Crippen LogP contribution < -0.4 is 0 Å². The molecule has 0 radical (unpaired) electrons. The van der Waals surface area contributed by atoms with Crippen molar-refractivity contribution in [3.63, 3.8) is 0 Å². The van der Waals surface area contributed by atoms with Gasteiger partial charge in [0.15, 0.2) is 0 Å². The molecule has 17 heavy (non-hydrogen) atoms. The minimum Gasteiger partial charge on any atom is -0.308 e. The highest BCUT2D eigenvalue weighted by Crippen LogP contribution is 2.06. The van der Waals surface area contributed by atoms with Crippen molar-refractivity contribution in [1.29, 1.82) is 0 Å². The summed E-state index contributed by atoms with van der Waals surface area (Å²) in [5, 5.41) is 0. The van der Waals surface area contributed by atoms with Crippen molar-refractivity contribution in [1.82, 2.24) is 9.55 Å². The van der Waals surface area contributed by atoms with Crippen molar-refractivity contribution in [3.8, 4) is 0 Å². The molecule has 2 nitrogen and oxygen atoms in total. The Labute approximate surface area is 106 Å². The number of nitrogens with zero attached hydrogens (tertiary/aromatic N) is 2. The van der Waals surface area contributed by atoms with E-state index in [4.69, 9.17) is 0 Å². The summed E-state index contributed by atoms with van der Waals surface area (Å²) >= 11 is 0. The fourth-order valence-electron chi connectivity index (χ4n) is 1.10. The molecule has 2 heteroatoms. The molecule has 0 unspecified atom stereocenters. The van der Waals surface area contributed by atoms with Gasteiger partial charge in [-0.2, -0.15) is 0 Å². The second kappa shape index (κ2) is 12.5. The third kappa shape index (κ3) is 7.34. The third-order valence-electron chi connectivity index (χ3n) is 1.79. The highest BCUT2D eigenvalue weighted by Gasteiger charge is 1.95. The van der Waals surface area contributed by atoms with Gasteiger partial charge in [-0.25, -0.2) is 4.98 Å². The Kier molecular flexibility index (Phi) is 13.1. The van der Waals surface area contributed by atoms with Gasteiger partial charge in [0.25, 0.3) is 0 Å². The number of hydrogen-bond acceptors (Lipinski definition) is 1. The van der Waals surface area contributed by atoms with Crippen LogP contribution in [-0.2, 0) is 0 Å². The number of allylic oxidation sites excluding steroid dienone is 5. The Morgan fingerprint density at radius 1 is 1.24 bits per heavy atom. The maximum atomic E-state index is 4.14. The average molecular weight is 234 g/mol. The van der Waals surface area contributed by atoms with Crippen LogP contribution in [0.4, 0.5) is 0 Å². The SMILES string of the molecule is C=C/C=C\C=C(/C)n1ccnc1C.CC.CC. The van der Waals surface area contributed by atoms with E-state index in [0.717, 1.165) is 11.5 Å². The van der Waals surface area contributed by atoms with E-state index in [1.807, 2.05) is 70.5 Å². The lowest BCUT2D eigenvalue weighted by Crippen LogP contribution is -1.93. The van der Waals surface area contributed by atoms with Gasteiger partial charge in [0, 0.05) is 18.1 Å². The van der Waals surface area contributed by atoms with Crippen molar-refractivity contribution in [2.24, 2.45) is 0 Å². The first-order valence-electron chi connectivity index (χ1n) is 6.22. The monoisotopic (exact) mass is 234 g/mol. The molecular formula is C15H26N2. The summed E-state index contributed by atoms with van der Waals surface area (Å²) in [6, 6.07) is 0. The number of aromatic nitrogens is 2. The van der Waals surface area contributed by atoms with Crippen molar-refractivity contribution in [2.45, 2.75) is 41.5 Å². The summed E-state index contributed by atoms with van der Waals surface area (Å²) in [6.07, 6.45) is 11.4. The molecular weight excluding hydrogens is 208 g/mol. The molecule has 0 amide bonds. The van der Waals surface area contributed by atoms with E-state index >= 15 is 0 Å². The highest BCUT2D eigenvalue weighted by molar-refractivity contribution is 5.46. The molecule has 0 spiro atoms. The number of rotatable bonds is 3. The summed E-state index contributed by atoms with van der Waals surface area (Å²) in [4.78, 5) is 4.14. The van der Waals surface area contributed by atoms with Gasteiger partial charge in [0.05, 0.1) is 0 Å². The van der Waals surface area contributed by atoms with Gasteiger partial charge >= 0.3 is 0 Å². The zero-order valence-electron chi connectivity index (χ0n) is 12.1. The molecule has 1 aromatic heterocycles. The Hall–Kier alpha value is -1.57. The number of aryl methyl sites for hydroxylation is 1. The summed E-state index contributed by atoms with van der Waals surface area (Å²) < 4.78 is 2.04. The van der Waals surface area contributed by atoms with Gasteiger partial charge in [-0.15, -0.1) is 0 Å². The molecule has 1 rings (SSSR count). The fraction of sp³-hybridized carbons (Fsp3) is 0.400. The predicted octanol–water partition coefficient (Wildman–Crippen LogP) is 4.85. The van der Waals surface area contributed by atoms with Crippen molar-refractivity contribution >= 4 is 5.70 Å². The zero-order chi connectivity index (χ0) is 13.7. The average Bonchev–Trinajstić information content (AvgIpc) is 2.81. The molecule has 0 aliphatic heterocycles. The van der Waals surface area contributed by atoms with E-state index in [1.165, 1.54) is 0 Å². The smallest absolute Gasteiger partial charge is 0.109 e. The maximum Gasteiger partial charge on any atom is 0.109 e. The molecule has 1 aromatic rings. The molecule has 96 valence electrons. The van der Waals surface area contributed by atoms with Crippen LogP contribution in [-0.4, -0.2) is 9.55 Å². The lowest BCUT2D eigenvalue weighted by molar-refractivity contribution is 0.989. The summed E-state index contributed by atoms with van der Waals surface area (Å²) in [5.41, 5.74) is 1.15. The molecule has 0 aliphatic rings. The summed E-state index contributed by atoms with van der Waals surface area (Å²) in [7, 11) is 0. The molecule has 0 fully saturated rings. The Morgan fingerprint density at radius 2 is 1.82 bits per heavy atom. The van der Waals surface area contributed by atoms with Crippen molar-refractivity contribution in [3.05, 3.63) is 49.1 Å². The van der Waals surface area contributed by atoms with Gasteiger partial charge < -0.3 is 4.57 Å². The lowest BCUT2D eigenvalue weighted by atomic mass is 10.4. The molecule has 0 atom stereocenters. The van der Waals surface area contributed by atoms with Crippen LogP contribution in [0.15, 0.2) is 43.3 Å². The molecule has 0 aliphatic carbocycles. The van der Waals surface area contributed by atoms with Crippen LogP contribution in [0.1, 0.15) is 40.4 Å². The van der Waals surface area contributed by atoms with E-state index in [9.17, 15) is 0 Å². The van der Waals surface area contributed by atoms with Gasteiger partial charge in [-0.05, 0) is 19.9 Å². The minimum atomic E-state index is 1.00. The first-order valence-corrected chi connectivity index (χ1v) is 6.22. The molecule has 0 saturated carbocycles. The van der Waals surface area contributed by atoms with E-state index in [0.29, 0.717) is 0 Å². The van der Waals surface area contributed by atoms with Crippen LogP contribution in [0.3, 0.4) is 0 Å². The van der Waals surface area contributed by atoms with Crippen LogP contribution in [0, 0.1) is 6.92 Å². The summed E-state index contributed by atoms with van der Waals surface area (Å²) in [5.74, 6) is 1.00. The molecule has 0 N–H and O–H groups in total. The minimum absolute atomic E-state index is 1.00. The highest BCUT2D eigenvalue weighted by atomic mass is 15.1. The molecule has 0 bridgehead atoms. The van der Waals surface area contributed by atoms with Crippen LogP contribution in [0.25, 0.3) is 5.70 Å². The standard InChI is InChI=1S/C11H14N2.2C2H6/c1-4-5-6-7-10(2)13-9-8-12-11(13)3;2*1-2/h4-9H,1H2,2-3H3;2*1-2H3/b6-5-,10-7+;;. The van der Waals surface area contributed by atoms with Gasteiger partial charge in [-0.3, -0.25) is 0 Å². The van der Waals surface area contributed by atoms with Crippen LogP contribution in [0.5, 0.6) is 0 Å². The normalized spacial score (nSPS) is 10.1. The van der Waals surface area contributed by atoms with Gasteiger partial charge in [-0.1, -0.05) is 52.5 Å². The maximum absolute atomic E-state index is 4.14. The van der Waals surface area contributed by atoms with E-state index in [-0.39, 0.29) is 0 Å². The summed E-state index contributed by atoms with van der Waals surface area (Å²) in [6.45, 7) is 15.6. The second-order valence-corrected chi connectivity index (χ2v) is 2.77. The Bertz CT molecular complexity index is 344. The lowest BCUT2D eigenvalue weighted by Gasteiger charge is -2.02. The predicted molar refractivity (Wildman–Crippen MR) is 78.9 cm³/mol. The van der Waals surface area contributed by atoms with Crippen molar-refractivity contribution in [2.75, 3.05) is 0 Å². The first kappa shape index (κ1) is 17.8. The fourth-order valence-corrected chi connectivity index (χ4v) is 1.10. The molecule has 1 heterocycles. The Balaban J connectivity index is 0. The topological polar surface area (TPSA) is 17.8 Å². The first-order chi connectivity index (χ1) is 8.25. The molecule has 0 saturated heterocycles. The van der Waals surface area contributed by atoms with Gasteiger partial charge in [0.2, 0.25) is 0 Å². The van der Waals surface area contributed by atoms with Crippen LogP contribution >= 0.6 is 0 Å². The van der Waals surface area contributed by atoms with E-state index < -0.39 is 0 Å². The number of hydrogen-bond donors (Lipinski definition) is 0. The molecule has 0 aromatic carbocycles. The third-order valence-corrected chi connectivity index (χ3v) is 1.79. The largest absolute Gasteiger partial charge is 0.308 e. The van der Waals surface area contributed by atoms with Crippen molar-refractivity contribution < 1.29 is 0 Å². The Morgan fingerprint density at radius 3 is 2.24 bits per heavy atom.